The van der Waals surface area contributed by atoms with Crippen LogP contribution in [-0.4, -0.2) is 24.9 Å². The van der Waals surface area contributed by atoms with Gasteiger partial charge in [0.05, 0.1) is 11.4 Å². The second kappa shape index (κ2) is 23.2. The van der Waals surface area contributed by atoms with Gasteiger partial charge < -0.3 is 5.73 Å². The molecule has 0 saturated heterocycles. The highest BCUT2D eigenvalue weighted by Gasteiger charge is 2.27. The van der Waals surface area contributed by atoms with Crippen molar-refractivity contribution in [3.63, 3.8) is 0 Å². The molecule has 0 aliphatic rings. The van der Waals surface area contributed by atoms with Crippen molar-refractivity contribution in [2.24, 2.45) is 16.1 Å². The Hall–Kier alpha value is -2.26. The molecule has 0 amide bonds. The molecule has 0 bridgehead atoms. The number of benzene rings is 1. The van der Waals surface area contributed by atoms with Crippen molar-refractivity contribution in [2.45, 2.75) is 174 Å². The van der Waals surface area contributed by atoms with E-state index in [4.69, 9.17) is 15.8 Å². The number of nitrogens with zero attached hydrogens (tertiary/aromatic N) is 6. The number of aromatic nitrogens is 4. The minimum absolute atomic E-state index is 0.247. The molecule has 0 aliphatic heterocycles. The Kier molecular flexibility index (Phi) is 19.4. The summed E-state index contributed by atoms with van der Waals surface area (Å²) in [5.74, 6) is 2.27. The van der Waals surface area contributed by atoms with Crippen LogP contribution in [0, 0.1) is 5.92 Å². The van der Waals surface area contributed by atoms with Crippen LogP contribution in [0.15, 0.2) is 45.7 Å². The lowest BCUT2D eigenvalue weighted by molar-refractivity contribution is 0.435. The zero-order valence-electron chi connectivity index (χ0n) is 30.9. The zero-order valence-corrected chi connectivity index (χ0v) is 32.5. The molecule has 3 rings (SSSR count). The maximum absolute atomic E-state index is 6.58. The molecule has 0 radical (unpaired) electrons. The van der Waals surface area contributed by atoms with Crippen molar-refractivity contribution in [3.8, 4) is 5.69 Å². The molecule has 1 unspecified atom stereocenters. The number of unbranched alkanes of at least 4 members (excludes halogenated alkanes) is 16. The van der Waals surface area contributed by atoms with Crippen LogP contribution in [0.4, 0.5) is 16.6 Å². The zero-order chi connectivity index (χ0) is 34.5. The van der Waals surface area contributed by atoms with Crippen LogP contribution in [0.5, 0.6) is 0 Å². The number of rotatable bonds is 26. The Bertz CT molecular complexity index is 1280. The first-order valence-corrected chi connectivity index (χ1v) is 20.9. The summed E-state index contributed by atoms with van der Waals surface area (Å²) in [6.45, 7) is 10.9. The van der Waals surface area contributed by atoms with Crippen LogP contribution in [-0.2, 0) is 5.41 Å². The minimum atomic E-state index is -0.247. The van der Waals surface area contributed by atoms with Crippen molar-refractivity contribution < 1.29 is 0 Å². The Morgan fingerprint density at radius 2 is 1.27 bits per heavy atom. The van der Waals surface area contributed by atoms with Gasteiger partial charge in [0, 0.05) is 22.7 Å². The highest BCUT2D eigenvalue weighted by molar-refractivity contribution is 7.99. The molecule has 0 aliphatic carbocycles. The third-order valence-corrected chi connectivity index (χ3v) is 10.9. The van der Waals surface area contributed by atoms with Crippen molar-refractivity contribution in [1.29, 1.82) is 0 Å². The number of nitrogen functional groups attached to an aromatic ring is 1. The molecule has 3 aromatic rings. The summed E-state index contributed by atoms with van der Waals surface area (Å²) in [5.41, 5.74) is 8.63. The fourth-order valence-electron chi connectivity index (χ4n) is 6.18. The monoisotopic (exact) mass is 695 g/mol. The van der Waals surface area contributed by atoms with Crippen LogP contribution in [0.2, 0.25) is 0 Å². The number of hydrogen-bond acceptors (Lipinski definition) is 8. The SMILES string of the molecule is CCCCCCCCCCCCC(CCCCCCCCCC)CSc1nsc(N=Nc2c(C(C)(C)C)nn(-c3ccccc3)c2N)n1. The number of nitrogens with two attached hydrogens (primary N) is 1. The molecule has 48 heavy (non-hydrogen) atoms. The maximum atomic E-state index is 6.58. The van der Waals surface area contributed by atoms with Crippen LogP contribution in [0.1, 0.15) is 169 Å². The summed E-state index contributed by atoms with van der Waals surface area (Å²) in [5, 5.41) is 15.3. The van der Waals surface area contributed by atoms with E-state index < -0.39 is 0 Å². The molecule has 7 nitrogen and oxygen atoms in total. The first-order chi connectivity index (χ1) is 23.3. The lowest BCUT2D eigenvalue weighted by atomic mass is 9.91. The predicted molar refractivity (Wildman–Crippen MR) is 209 cm³/mol. The van der Waals surface area contributed by atoms with Crippen LogP contribution >= 0.6 is 23.3 Å². The third kappa shape index (κ3) is 15.1. The molecule has 0 fully saturated rings. The number of hydrogen-bond donors (Lipinski definition) is 1. The third-order valence-electron chi connectivity index (χ3n) is 9.12. The summed E-state index contributed by atoms with van der Waals surface area (Å²) in [6.07, 6.45) is 27.5. The van der Waals surface area contributed by atoms with Gasteiger partial charge in [-0.1, -0.05) is 180 Å². The van der Waals surface area contributed by atoms with E-state index in [0.29, 0.717) is 16.6 Å². The van der Waals surface area contributed by atoms with E-state index in [2.05, 4.69) is 49.2 Å². The summed E-state index contributed by atoms with van der Waals surface area (Å²) in [4.78, 5) is 4.73. The Morgan fingerprint density at radius 1 is 0.750 bits per heavy atom. The number of para-hydroxylation sites is 1. The second-order valence-electron chi connectivity index (χ2n) is 14.6. The Balaban J connectivity index is 1.53. The highest BCUT2D eigenvalue weighted by Crippen LogP contribution is 2.38. The van der Waals surface area contributed by atoms with Gasteiger partial charge in [0.2, 0.25) is 10.3 Å². The standard InChI is InChI=1S/C39H65N7S2/c1-6-8-10-12-14-16-17-19-21-24-28-32(27-23-20-18-15-13-11-9-7-2)31-47-38-41-37(48-45-38)43-42-34-35(39(3,4)5)44-46(36(34)40)33-29-25-22-26-30-33/h22,25-26,29-30,32H,6-21,23-24,27-28,31,40H2,1-5H3. The number of thioether (sulfide) groups is 1. The average molecular weight is 696 g/mol. The fourth-order valence-corrected chi connectivity index (χ4v) is 7.83. The summed E-state index contributed by atoms with van der Waals surface area (Å²) < 4.78 is 6.38. The first-order valence-electron chi connectivity index (χ1n) is 19.2. The van der Waals surface area contributed by atoms with Crippen molar-refractivity contribution in [3.05, 3.63) is 36.0 Å². The molecule has 2 aromatic heterocycles. The molecule has 1 aromatic carbocycles. The molecule has 9 heteroatoms. The van der Waals surface area contributed by atoms with Crippen molar-refractivity contribution in [2.75, 3.05) is 11.5 Å². The van der Waals surface area contributed by atoms with Gasteiger partial charge in [0.1, 0.15) is 0 Å². The van der Waals surface area contributed by atoms with Gasteiger partial charge in [-0.3, -0.25) is 0 Å². The lowest BCUT2D eigenvalue weighted by Crippen LogP contribution is -2.13. The largest absolute Gasteiger partial charge is 0.382 e. The molecule has 0 spiro atoms. The van der Waals surface area contributed by atoms with E-state index in [1.807, 2.05) is 30.3 Å². The minimum Gasteiger partial charge on any atom is -0.382 e. The lowest BCUT2D eigenvalue weighted by Gasteiger charge is -2.16. The summed E-state index contributed by atoms with van der Waals surface area (Å²) >= 11 is 3.09. The van der Waals surface area contributed by atoms with E-state index in [-0.39, 0.29) is 5.41 Å². The van der Waals surface area contributed by atoms with Gasteiger partial charge in [-0.25, -0.2) is 4.68 Å². The second-order valence-corrected chi connectivity index (χ2v) is 16.3. The molecular weight excluding hydrogens is 631 g/mol. The maximum Gasteiger partial charge on any atom is 0.250 e. The summed E-state index contributed by atoms with van der Waals surface area (Å²) in [7, 11) is 0. The quantitative estimate of drug-likeness (QED) is 0.0512. The smallest absolute Gasteiger partial charge is 0.250 e. The summed E-state index contributed by atoms with van der Waals surface area (Å²) in [6, 6.07) is 9.92. The number of azo groups is 1. The normalized spacial score (nSPS) is 12.8. The van der Waals surface area contributed by atoms with E-state index in [0.717, 1.165) is 28.2 Å². The van der Waals surface area contributed by atoms with Gasteiger partial charge in [0.25, 0.3) is 0 Å². The van der Waals surface area contributed by atoms with Crippen molar-refractivity contribution in [1.82, 2.24) is 19.1 Å². The molecule has 2 N–H and O–H groups in total. The van der Waals surface area contributed by atoms with E-state index in [1.165, 1.54) is 140 Å². The predicted octanol–water partition coefficient (Wildman–Crippen LogP) is 13.6. The molecule has 2 heterocycles. The number of anilines is 1. The van der Waals surface area contributed by atoms with E-state index >= 15 is 0 Å². The highest BCUT2D eigenvalue weighted by atomic mass is 32.2. The van der Waals surface area contributed by atoms with Crippen LogP contribution in [0.3, 0.4) is 0 Å². The molecule has 268 valence electrons. The molecule has 0 saturated carbocycles. The Labute approximate surface area is 301 Å². The van der Waals surface area contributed by atoms with Gasteiger partial charge in [-0.05, 0) is 30.9 Å². The van der Waals surface area contributed by atoms with E-state index in [9.17, 15) is 0 Å². The fraction of sp³-hybridized carbons (Fsp3) is 0.718. The average Bonchev–Trinajstić information content (AvgIpc) is 3.68. The van der Waals surface area contributed by atoms with Gasteiger partial charge in [0.15, 0.2) is 11.5 Å². The van der Waals surface area contributed by atoms with Gasteiger partial charge >= 0.3 is 0 Å². The van der Waals surface area contributed by atoms with Crippen LogP contribution < -0.4 is 5.73 Å². The van der Waals surface area contributed by atoms with E-state index in [1.54, 1.807) is 16.4 Å². The van der Waals surface area contributed by atoms with Crippen molar-refractivity contribution >= 4 is 39.9 Å². The molecular formula is C39H65N7S2. The first kappa shape index (κ1) is 40.2. The topological polar surface area (TPSA) is 94.3 Å². The molecule has 1 atom stereocenters. The van der Waals surface area contributed by atoms with Gasteiger partial charge in [-0.2, -0.15) is 14.5 Å². The van der Waals surface area contributed by atoms with Crippen LogP contribution in [0.25, 0.3) is 5.69 Å². The Morgan fingerprint density at radius 3 is 1.79 bits per heavy atom. The van der Waals surface area contributed by atoms with Gasteiger partial charge in [-0.15, -0.1) is 10.2 Å².